The highest BCUT2D eigenvalue weighted by molar-refractivity contribution is 7.99. The molecule has 1 amide bonds. The van der Waals surface area contributed by atoms with E-state index < -0.39 is 0 Å². The normalized spacial score (nSPS) is 12.5. The van der Waals surface area contributed by atoms with Gasteiger partial charge < -0.3 is 5.32 Å². The number of fused-ring (bicyclic) bond motifs is 2. The second-order valence-electron chi connectivity index (χ2n) is 4.39. The van der Waals surface area contributed by atoms with Crippen LogP contribution in [0.15, 0.2) is 52.3 Å². The SMILES string of the molecule is CC(=O)Nc1ccc2c(c1)Sc1ccccc1C2. The van der Waals surface area contributed by atoms with Crippen molar-refractivity contribution in [2.24, 2.45) is 0 Å². The molecule has 0 radical (unpaired) electrons. The summed E-state index contributed by atoms with van der Waals surface area (Å²) in [6.45, 7) is 1.53. The first-order chi connectivity index (χ1) is 8.72. The summed E-state index contributed by atoms with van der Waals surface area (Å²) in [6, 6.07) is 14.6. The minimum atomic E-state index is -0.0313. The summed E-state index contributed by atoms with van der Waals surface area (Å²) in [5, 5.41) is 2.83. The van der Waals surface area contributed by atoms with Crippen LogP contribution in [0.3, 0.4) is 0 Å². The number of carbonyl (C=O) groups is 1. The third-order valence-corrected chi connectivity index (χ3v) is 4.18. The largest absolute Gasteiger partial charge is 0.326 e. The molecular weight excluding hydrogens is 242 g/mol. The number of amides is 1. The average molecular weight is 255 g/mol. The van der Waals surface area contributed by atoms with Gasteiger partial charge in [-0.15, -0.1) is 0 Å². The van der Waals surface area contributed by atoms with Crippen LogP contribution in [0.1, 0.15) is 18.1 Å². The zero-order valence-electron chi connectivity index (χ0n) is 10.1. The Balaban J connectivity index is 1.96. The topological polar surface area (TPSA) is 29.1 Å². The smallest absolute Gasteiger partial charge is 0.221 e. The molecule has 1 heterocycles. The van der Waals surface area contributed by atoms with Gasteiger partial charge >= 0.3 is 0 Å². The lowest BCUT2D eigenvalue weighted by Gasteiger charge is -2.19. The van der Waals surface area contributed by atoms with Gasteiger partial charge in [-0.05, 0) is 35.7 Å². The maximum atomic E-state index is 11.1. The molecule has 0 fully saturated rings. The molecule has 0 aromatic heterocycles. The second kappa shape index (κ2) is 4.50. The first-order valence-electron chi connectivity index (χ1n) is 5.88. The fraction of sp³-hybridized carbons (Fsp3) is 0.133. The molecule has 18 heavy (non-hydrogen) atoms. The molecule has 1 aliphatic rings. The van der Waals surface area contributed by atoms with Crippen LogP contribution >= 0.6 is 11.8 Å². The molecule has 2 aromatic rings. The Morgan fingerprint density at radius 3 is 2.72 bits per heavy atom. The molecule has 2 aromatic carbocycles. The van der Waals surface area contributed by atoms with Gasteiger partial charge in [0.15, 0.2) is 0 Å². The summed E-state index contributed by atoms with van der Waals surface area (Å²) in [6.07, 6.45) is 0.971. The Morgan fingerprint density at radius 2 is 1.89 bits per heavy atom. The van der Waals surface area contributed by atoms with Crippen LogP contribution in [-0.4, -0.2) is 5.91 Å². The van der Waals surface area contributed by atoms with Crippen molar-refractivity contribution >= 4 is 23.4 Å². The van der Waals surface area contributed by atoms with E-state index in [9.17, 15) is 4.79 Å². The predicted molar refractivity (Wildman–Crippen MR) is 74.1 cm³/mol. The van der Waals surface area contributed by atoms with E-state index >= 15 is 0 Å². The number of benzene rings is 2. The van der Waals surface area contributed by atoms with E-state index in [0.717, 1.165) is 12.1 Å². The first kappa shape index (κ1) is 11.4. The van der Waals surface area contributed by atoms with Crippen LogP contribution in [0.2, 0.25) is 0 Å². The van der Waals surface area contributed by atoms with E-state index in [1.165, 1.54) is 27.8 Å². The second-order valence-corrected chi connectivity index (χ2v) is 5.47. The van der Waals surface area contributed by atoms with Crippen LogP contribution in [0.4, 0.5) is 5.69 Å². The highest BCUT2D eigenvalue weighted by Crippen LogP contribution is 2.40. The molecule has 3 rings (SSSR count). The first-order valence-corrected chi connectivity index (χ1v) is 6.70. The van der Waals surface area contributed by atoms with Gasteiger partial charge in [0.2, 0.25) is 5.91 Å². The van der Waals surface area contributed by atoms with E-state index in [-0.39, 0.29) is 5.91 Å². The summed E-state index contributed by atoms with van der Waals surface area (Å²) in [7, 11) is 0. The standard InChI is InChI=1S/C15H13NOS/c1-10(17)16-13-7-6-12-8-11-4-2-3-5-14(11)18-15(12)9-13/h2-7,9H,8H2,1H3,(H,16,17). The summed E-state index contributed by atoms with van der Waals surface area (Å²) in [5.74, 6) is -0.0313. The Hall–Kier alpha value is -1.74. The van der Waals surface area contributed by atoms with Gasteiger partial charge in [-0.3, -0.25) is 4.79 Å². The van der Waals surface area contributed by atoms with Gasteiger partial charge in [0, 0.05) is 22.4 Å². The van der Waals surface area contributed by atoms with Gasteiger partial charge in [-0.1, -0.05) is 36.0 Å². The molecule has 0 bridgehead atoms. The average Bonchev–Trinajstić information content (AvgIpc) is 2.35. The fourth-order valence-corrected chi connectivity index (χ4v) is 3.26. The number of hydrogen-bond acceptors (Lipinski definition) is 2. The number of rotatable bonds is 1. The van der Waals surface area contributed by atoms with Crippen molar-refractivity contribution in [1.82, 2.24) is 0 Å². The minimum Gasteiger partial charge on any atom is -0.326 e. The highest BCUT2D eigenvalue weighted by atomic mass is 32.2. The molecule has 0 unspecified atom stereocenters. The third-order valence-electron chi connectivity index (χ3n) is 2.96. The van der Waals surface area contributed by atoms with Gasteiger partial charge in [0.05, 0.1) is 0 Å². The van der Waals surface area contributed by atoms with Crippen molar-refractivity contribution in [3.63, 3.8) is 0 Å². The summed E-state index contributed by atoms with van der Waals surface area (Å²) in [5.41, 5.74) is 3.57. The van der Waals surface area contributed by atoms with Gasteiger partial charge in [0.1, 0.15) is 0 Å². The number of anilines is 1. The Kier molecular flexibility index (Phi) is 2.84. The molecule has 0 atom stereocenters. The lowest BCUT2D eigenvalue weighted by Crippen LogP contribution is -2.07. The minimum absolute atomic E-state index is 0.0313. The molecule has 2 nitrogen and oxygen atoms in total. The lowest BCUT2D eigenvalue weighted by atomic mass is 10.0. The molecule has 90 valence electrons. The van der Waals surface area contributed by atoms with Crippen LogP contribution in [0.5, 0.6) is 0 Å². The van der Waals surface area contributed by atoms with E-state index in [0.29, 0.717) is 0 Å². The van der Waals surface area contributed by atoms with E-state index in [4.69, 9.17) is 0 Å². The third kappa shape index (κ3) is 2.14. The Labute approximate surface area is 110 Å². The van der Waals surface area contributed by atoms with Crippen LogP contribution in [-0.2, 0) is 11.2 Å². The van der Waals surface area contributed by atoms with Crippen molar-refractivity contribution in [2.75, 3.05) is 5.32 Å². The predicted octanol–water partition coefficient (Wildman–Crippen LogP) is 3.70. The van der Waals surface area contributed by atoms with Crippen LogP contribution < -0.4 is 5.32 Å². The maximum absolute atomic E-state index is 11.1. The molecule has 0 saturated heterocycles. The Bertz CT molecular complexity index is 622. The molecule has 1 N–H and O–H groups in total. The van der Waals surface area contributed by atoms with Crippen LogP contribution in [0, 0.1) is 0 Å². The molecule has 0 spiro atoms. The molecule has 1 aliphatic heterocycles. The van der Waals surface area contributed by atoms with Crippen molar-refractivity contribution < 1.29 is 4.79 Å². The van der Waals surface area contributed by atoms with Crippen LogP contribution in [0.25, 0.3) is 0 Å². The summed E-state index contributed by atoms with van der Waals surface area (Å²) in [4.78, 5) is 13.6. The molecule has 0 aliphatic carbocycles. The van der Waals surface area contributed by atoms with Crippen molar-refractivity contribution in [2.45, 2.75) is 23.1 Å². The van der Waals surface area contributed by atoms with Gasteiger partial charge in [-0.25, -0.2) is 0 Å². The number of carbonyl (C=O) groups excluding carboxylic acids is 1. The zero-order chi connectivity index (χ0) is 12.5. The zero-order valence-corrected chi connectivity index (χ0v) is 10.9. The fourth-order valence-electron chi connectivity index (χ4n) is 2.15. The highest BCUT2D eigenvalue weighted by Gasteiger charge is 2.15. The quantitative estimate of drug-likeness (QED) is 0.718. The number of nitrogens with one attached hydrogen (secondary N) is 1. The van der Waals surface area contributed by atoms with E-state index in [1.54, 1.807) is 11.8 Å². The van der Waals surface area contributed by atoms with Crippen molar-refractivity contribution in [1.29, 1.82) is 0 Å². The Morgan fingerprint density at radius 1 is 1.11 bits per heavy atom. The summed E-state index contributed by atoms with van der Waals surface area (Å²) >= 11 is 1.77. The van der Waals surface area contributed by atoms with E-state index in [1.807, 2.05) is 6.07 Å². The molecular formula is C15H13NOS. The monoisotopic (exact) mass is 255 g/mol. The number of hydrogen-bond donors (Lipinski definition) is 1. The van der Waals surface area contributed by atoms with E-state index in [2.05, 4.69) is 41.7 Å². The lowest BCUT2D eigenvalue weighted by molar-refractivity contribution is -0.114. The van der Waals surface area contributed by atoms with Gasteiger partial charge in [-0.2, -0.15) is 0 Å². The maximum Gasteiger partial charge on any atom is 0.221 e. The van der Waals surface area contributed by atoms with Gasteiger partial charge in [0.25, 0.3) is 0 Å². The molecule has 0 saturated carbocycles. The summed E-state index contributed by atoms with van der Waals surface area (Å²) < 4.78 is 0. The molecule has 3 heteroatoms. The van der Waals surface area contributed by atoms with Crippen molar-refractivity contribution in [3.8, 4) is 0 Å². The van der Waals surface area contributed by atoms with Crippen molar-refractivity contribution in [3.05, 3.63) is 53.6 Å².